The third kappa shape index (κ3) is 40.4. The van der Waals surface area contributed by atoms with Crippen molar-refractivity contribution in [3.05, 3.63) is 48.6 Å². The third-order valence-electron chi connectivity index (χ3n) is 9.35. The molecule has 1 atom stereocenters. The summed E-state index contributed by atoms with van der Waals surface area (Å²) in [6.07, 6.45) is 48.3. The Balaban J connectivity index is 4.24. The summed E-state index contributed by atoms with van der Waals surface area (Å²) >= 11 is 0. The second-order valence-corrected chi connectivity index (χ2v) is 14.6. The molecule has 0 saturated carbocycles. The molecule has 0 bridgehead atoms. The van der Waals surface area contributed by atoms with E-state index in [9.17, 15) is 14.4 Å². The van der Waals surface area contributed by atoms with Crippen LogP contribution in [0.2, 0.25) is 0 Å². The van der Waals surface area contributed by atoms with Crippen molar-refractivity contribution in [3.8, 4) is 0 Å². The van der Waals surface area contributed by atoms with Crippen LogP contribution in [0.15, 0.2) is 48.6 Å². The van der Waals surface area contributed by atoms with Gasteiger partial charge < -0.3 is 14.2 Å². The maximum Gasteiger partial charge on any atom is 0.306 e. The molecule has 0 heterocycles. The van der Waals surface area contributed by atoms with Gasteiger partial charge in [-0.05, 0) is 57.8 Å². The van der Waals surface area contributed by atoms with E-state index in [4.69, 9.17) is 14.2 Å². The van der Waals surface area contributed by atoms with Crippen LogP contribution in [0.25, 0.3) is 0 Å². The molecule has 53 heavy (non-hydrogen) atoms. The first-order valence-corrected chi connectivity index (χ1v) is 22.1. The fraction of sp³-hybridized carbons (Fsp3) is 0.766. The summed E-state index contributed by atoms with van der Waals surface area (Å²) in [6.45, 7) is 6.43. The Morgan fingerprint density at radius 2 is 0.736 bits per heavy atom. The monoisotopic (exact) mass is 743 g/mol. The highest BCUT2D eigenvalue weighted by Gasteiger charge is 2.19. The number of rotatable bonds is 39. The first-order chi connectivity index (χ1) is 26.0. The predicted molar refractivity (Wildman–Crippen MR) is 224 cm³/mol. The van der Waals surface area contributed by atoms with Gasteiger partial charge in [0.25, 0.3) is 0 Å². The zero-order valence-electron chi connectivity index (χ0n) is 34.8. The number of carbonyl (C=O) groups is 3. The molecular formula is C47H82O6. The summed E-state index contributed by atoms with van der Waals surface area (Å²) in [5, 5.41) is 0. The molecule has 6 heteroatoms. The van der Waals surface area contributed by atoms with Crippen molar-refractivity contribution in [1.82, 2.24) is 0 Å². The van der Waals surface area contributed by atoms with Crippen LogP contribution in [0.1, 0.15) is 213 Å². The molecule has 0 spiro atoms. The van der Waals surface area contributed by atoms with Crippen molar-refractivity contribution in [2.75, 3.05) is 13.2 Å². The van der Waals surface area contributed by atoms with Crippen LogP contribution >= 0.6 is 0 Å². The first-order valence-electron chi connectivity index (χ1n) is 22.1. The zero-order valence-corrected chi connectivity index (χ0v) is 34.8. The van der Waals surface area contributed by atoms with Crippen molar-refractivity contribution < 1.29 is 28.6 Å². The lowest BCUT2D eigenvalue weighted by molar-refractivity contribution is -0.167. The fourth-order valence-electron chi connectivity index (χ4n) is 6.02. The highest BCUT2D eigenvalue weighted by molar-refractivity contribution is 5.71. The quantitative estimate of drug-likeness (QED) is 0.0270. The number of unbranched alkanes of at least 4 members (excludes halogenated alkanes) is 20. The van der Waals surface area contributed by atoms with E-state index in [1.54, 1.807) is 0 Å². The lowest BCUT2D eigenvalue weighted by Gasteiger charge is -2.18. The Kier molecular flexibility index (Phi) is 40.0. The summed E-state index contributed by atoms with van der Waals surface area (Å²) in [6, 6.07) is 0. The maximum absolute atomic E-state index is 12.6. The average molecular weight is 743 g/mol. The van der Waals surface area contributed by atoms with E-state index in [1.165, 1.54) is 83.5 Å². The van der Waals surface area contributed by atoms with Crippen LogP contribution in [0.3, 0.4) is 0 Å². The van der Waals surface area contributed by atoms with Gasteiger partial charge in [0.15, 0.2) is 6.10 Å². The molecular weight excluding hydrogens is 661 g/mol. The van der Waals surface area contributed by atoms with E-state index in [0.29, 0.717) is 19.3 Å². The van der Waals surface area contributed by atoms with E-state index in [-0.39, 0.29) is 31.1 Å². The highest BCUT2D eigenvalue weighted by Crippen LogP contribution is 2.14. The number of esters is 3. The van der Waals surface area contributed by atoms with E-state index in [1.807, 2.05) is 0 Å². The fourth-order valence-corrected chi connectivity index (χ4v) is 6.02. The van der Waals surface area contributed by atoms with Crippen molar-refractivity contribution >= 4 is 17.9 Å². The van der Waals surface area contributed by atoms with Gasteiger partial charge in [-0.15, -0.1) is 0 Å². The van der Waals surface area contributed by atoms with E-state index >= 15 is 0 Å². The van der Waals surface area contributed by atoms with Crippen molar-refractivity contribution in [1.29, 1.82) is 0 Å². The standard InChI is InChI=1S/C47H82O6/c1-4-7-10-13-16-18-20-21-22-23-24-25-26-27-28-30-31-34-37-40-46(49)52-43-44(42-51-45(48)39-36-33-15-12-9-6-3)53-47(50)41-38-35-32-29-19-17-14-11-8-5-2/h7,10,16,18,21-22,24-25,44H,4-6,8-9,11-15,17,19-20,23,26-43H2,1-3H3/b10-7-,18-16-,22-21-,25-24-. The van der Waals surface area contributed by atoms with Gasteiger partial charge in [-0.3, -0.25) is 14.4 Å². The molecule has 0 fully saturated rings. The van der Waals surface area contributed by atoms with Crippen LogP contribution in [-0.4, -0.2) is 37.2 Å². The van der Waals surface area contributed by atoms with Gasteiger partial charge in [0.05, 0.1) is 0 Å². The summed E-state index contributed by atoms with van der Waals surface area (Å²) in [7, 11) is 0. The molecule has 1 unspecified atom stereocenters. The molecule has 6 nitrogen and oxygen atoms in total. The van der Waals surface area contributed by atoms with Crippen molar-refractivity contribution in [2.45, 2.75) is 219 Å². The number of carbonyl (C=O) groups excluding carboxylic acids is 3. The Morgan fingerprint density at radius 1 is 0.396 bits per heavy atom. The molecule has 0 aromatic rings. The second kappa shape index (κ2) is 42.1. The molecule has 0 aromatic carbocycles. The van der Waals surface area contributed by atoms with Gasteiger partial charge in [0, 0.05) is 19.3 Å². The third-order valence-corrected chi connectivity index (χ3v) is 9.35. The van der Waals surface area contributed by atoms with Gasteiger partial charge in [0.2, 0.25) is 0 Å². The van der Waals surface area contributed by atoms with Gasteiger partial charge >= 0.3 is 17.9 Å². The molecule has 0 saturated heterocycles. The lowest BCUT2D eigenvalue weighted by Crippen LogP contribution is -2.30. The molecule has 0 aromatic heterocycles. The van der Waals surface area contributed by atoms with Crippen LogP contribution in [0.5, 0.6) is 0 Å². The predicted octanol–water partition coefficient (Wildman–Crippen LogP) is 14.0. The lowest BCUT2D eigenvalue weighted by atomic mass is 10.1. The van der Waals surface area contributed by atoms with Gasteiger partial charge in [-0.25, -0.2) is 0 Å². The van der Waals surface area contributed by atoms with Crippen LogP contribution in [-0.2, 0) is 28.6 Å². The molecule has 0 aliphatic heterocycles. The van der Waals surface area contributed by atoms with Gasteiger partial charge in [-0.1, -0.05) is 185 Å². The Bertz CT molecular complexity index is 949. The Hall–Kier alpha value is -2.63. The van der Waals surface area contributed by atoms with Crippen LogP contribution in [0.4, 0.5) is 0 Å². The molecule has 306 valence electrons. The molecule has 0 radical (unpaired) electrons. The minimum absolute atomic E-state index is 0.0768. The van der Waals surface area contributed by atoms with E-state index in [0.717, 1.165) is 89.9 Å². The highest BCUT2D eigenvalue weighted by atomic mass is 16.6. The van der Waals surface area contributed by atoms with Crippen LogP contribution in [0, 0.1) is 0 Å². The van der Waals surface area contributed by atoms with Crippen molar-refractivity contribution in [2.24, 2.45) is 0 Å². The number of ether oxygens (including phenoxy) is 3. The molecule has 0 aliphatic carbocycles. The number of hydrogen-bond acceptors (Lipinski definition) is 6. The molecule has 0 N–H and O–H groups in total. The minimum atomic E-state index is -0.770. The smallest absolute Gasteiger partial charge is 0.306 e. The summed E-state index contributed by atoms with van der Waals surface area (Å²) in [5.41, 5.74) is 0. The minimum Gasteiger partial charge on any atom is -0.462 e. The Morgan fingerprint density at radius 3 is 1.15 bits per heavy atom. The topological polar surface area (TPSA) is 78.9 Å². The summed E-state index contributed by atoms with van der Waals surface area (Å²) in [4.78, 5) is 37.5. The normalized spacial score (nSPS) is 12.4. The zero-order chi connectivity index (χ0) is 38.7. The maximum atomic E-state index is 12.6. The number of hydrogen-bond donors (Lipinski definition) is 0. The molecule has 0 rings (SSSR count). The molecule has 0 amide bonds. The summed E-state index contributed by atoms with van der Waals surface area (Å²) in [5.74, 6) is -0.904. The summed E-state index contributed by atoms with van der Waals surface area (Å²) < 4.78 is 16.6. The largest absolute Gasteiger partial charge is 0.462 e. The number of allylic oxidation sites excluding steroid dienone is 8. The molecule has 0 aliphatic rings. The first kappa shape index (κ1) is 50.4. The average Bonchev–Trinajstić information content (AvgIpc) is 3.15. The van der Waals surface area contributed by atoms with E-state index in [2.05, 4.69) is 69.4 Å². The van der Waals surface area contributed by atoms with E-state index < -0.39 is 6.10 Å². The second-order valence-electron chi connectivity index (χ2n) is 14.6. The van der Waals surface area contributed by atoms with Crippen LogP contribution < -0.4 is 0 Å². The van der Waals surface area contributed by atoms with Crippen molar-refractivity contribution in [3.63, 3.8) is 0 Å². The van der Waals surface area contributed by atoms with Gasteiger partial charge in [0.1, 0.15) is 13.2 Å². The Labute approximate surface area is 327 Å². The van der Waals surface area contributed by atoms with Gasteiger partial charge in [-0.2, -0.15) is 0 Å². The SMILES string of the molecule is CC/C=C\C/C=C\C/C=C\C/C=C\CCCCCCCCC(=O)OCC(COC(=O)CCCCCCCC)OC(=O)CCCCCCCCCCCC.